The number of rotatable bonds is 7. The summed E-state index contributed by atoms with van der Waals surface area (Å²) in [5.41, 5.74) is 2.20. The smallest absolute Gasteiger partial charge is 0.259 e. The molecule has 0 bridgehead atoms. The molecule has 1 amide bonds. The fraction of sp³-hybridized carbons (Fsp3) is 0.320. The molecule has 3 aromatic rings. The van der Waals surface area contributed by atoms with Crippen molar-refractivity contribution in [3.05, 3.63) is 83.9 Å². The molecule has 0 saturated carbocycles. The summed E-state index contributed by atoms with van der Waals surface area (Å²) < 4.78 is 5.83. The average Bonchev–Trinajstić information content (AvgIpc) is 2.81. The number of piperidine rings is 1. The second-order valence-corrected chi connectivity index (χ2v) is 7.81. The van der Waals surface area contributed by atoms with Crippen LogP contribution in [0.1, 0.15) is 40.6 Å². The van der Waals surface area contributed by atoms with Gasteiger partial charge in [0.1, 0.15) is 18.2 Å². The topological polar surface area (TPSA) is 67.4 Å². The number of nitrogens with zero attached hydrogens (tertiary/aromatic N) is 3. The molecule has 1 fully saturated rings. The third-order valence-electron chi connectivity index (χ3n) is 5.61. The minimum absolute atomic E-state index is 0.153. The summed E-state index contributed by atoms with van der Waals surface area (Å²) in [4.78, 5) is 24.3. The van der Waals surface area contributed by atoms with E-state index in [4.69, 9.17) is 4.74 Å². The van der Waals surface area contributed by atoms with Crippen LogP contribution in [0.25, 0.3) is 0 Å². The highest BCUT2D eigenvalue weighted by Gasteiger charge is 2.26. The van der Waals surface area contributed by atoms with Crippen molar-refractivity contribution < 1.29 is 9.53 Å². The van der Waals surface area contributed by atoms with E-state index in [0.717, 1.165) is 49.6 Å². The van der Waals surface area contributed by atoms with Gasteiger partial charge in [-0.05, 0) is 57.1 Å². The van der Waals surface area contributed by atoms with Gasteiger partial charge in [-0.1, -0.05) is 36.4 Å². The van der Waals surface area contributed by atoms with Gasteiger partial charge in [0.2, 0.25) is 0 Å². The van der Waals surface area contributed by atoms with Gasteiger partial charge in [0.05, 0.1) is 11.3 Å². The number of nitrogens with one attached hydrogen (secondary N) is 1. The number of hydrogen-bond acceptors (Lipinski definition) is 5. The first-order valence-corrected chi connectivity index (χ1v) is 10.8. The summed E-state index contributed by atoms with van der Waals surface area (Å²) in [7, 11) is 0. The first-order chi connectivity index (χ1) is 15.2. The predicted octanol–water partition coefficient (Wildman–Crippen LogP) is 4.30. The molecular formula is C25H28N4O2. The molecular weight excluding hydrogens is 388 g/mol. The molecule has 1 aliphatic heterocycles. The van der Waals surface area contributed by atoms with Crippen LogP contribution in [-0.2, 0) is 0 Å². The fourth-order valence-electron chi connectivity index (χ4n) is 3.93. The lowest BCUT2D eigenvalue weighted by Crippen LogP contribution is -2.36. The highest BCUT2D eigenvalue weighted by atomic mass is 16.5. The average molecular weight is 417 g/mol. The minimum Gasteiger partial charge on any atom is -0.492 e. The first-order valence-electron chi connectivity index (χ1n) is 10.8. The second kappa shape index (κ2) is 10.2. The number of para-hydroxylation sites is 2. The molecule has 1 aliphatic rings. The lowest BCUT2D eigenvalue weighted by molar-refractivity contribution is 0.102. The number of likely N-dealkylation sites (tertiary alicyclic amines) is 1. The van der Waals surface area contributed by atoms with Crippen molar-refractivity contribution in [1.29, 1.82) is 0 Å². The first kappa shape index (κ1) is 21.0. The molecule has 31 heavy (non-hydrogen) atoms. The summed E-state index contributed by atoms with van der Waals surface area (Å²) in [5.74, 6) is 1.71. The minimum atomic E-state index is -0.153. The number of benzene rings is 2. The Hall–Kier alpha value is -3.25. The highest BCUT2D eigenvalue weighted by Crippen LogP contribution is 2.29. The molecule has 0 atom stereocenters. The number of anilines is 1. The number of amides is 1. The molecule has 1 N–H and O–H groups in total. The van der Waals surface area contributed by atoms with E-state index < -0.39 is 0 Å². The van der Waals surface area contributed by atoms with Crippen LogP contribution in [0.4, 0.5) is 5.69 Å². The van der Waals surface area contributed by atoms with E-state index in [1.54, 1.807) is 6.20 Å². The van der Waals surface area contributed by atoms with Crippen molar-refractivity contribution in [2.45, 2.75) is 25.7 Å². The van der Waals surface area contributed by atoms with E-state index in [2.05, 4.69) is 20.2 Å². The van der Waals surface area contributed by atoms with Gasteiger partial charge >= 0.3 is 0 Å². The maximum absolute atomic E-state index is 12.9. The normalized spacial score (nSPS) is 14.9. The van der Waals surface area contributed by atoms with Gasteiger partial charge in [-0.15, -0.1) is 0 Å². The molecule has 4 rings (SSSR count). The Morgan fingerprint density at radius 1 is 1.06 bits per heavy atom. The van der Waals surface area contributed by atoms with Crippen LogP contribution in [0.5, 0.6) is 5.75 Å². The predicted molar refractivity (Wildman–Crippen MR) is 122 cm³/mol. The Bertz CT molecular complexity index is 987. The molecule has 0 unspecified atom stereocenters. The standard InChI is InChI=1S/C25H28N4O2/c1-19-26-18-23(25(30)28-21-8-4-2-5-9-21)24(27-19)20-12-14-29(15-13-20)16-17-31-22-10-6-3-7-11-22/h2-11,18,20H,12-17H2,1H3,(H,28,30). The molecule has 0 aliphatic carbocycles. The number of hydrogen-bond donors (Lipinski definition) is 1. The van der Waals surface area contributed by atoms with Crippen molar-refractivity contribution in [3.8, 4) is 5.75 Å². The van der Waals surface area contributed by atoms with Gasteiger partial charge in [0.25, 0.3) is 5.91 Å². The molecule has 6 nitrogen and oxygen atoms in total. The van der Waals surface area contributed by atoms with Crippen LogP contribution in [-0.4, -0.2) is 47.0 Å². The van der Waals surface area contributed by atoms with Crippen LogP contribution in [0, 0.1) is 6.92 Å². The SMILES string of the molecule is Cc1ncc(C(=O)Nc2ccccc2)c(C2CCN(CCOc3ccccc3)CC2)n1. The van der Waals surface area contributed by atoms with Gasteiger partial charge < -0.3 is 10.1 Å². The number of carbonyl (C=O) groups excluding carboxylic acids is 1. The zero-order valence-electron chi connectivity index (χ0n) is 17.8. The van der Waals surface area contributed by atoms with Crippen LogP contribution >= 0.6 is 0 Å². The van der Waals surface area contributed by atoms with Gasteiger partial charge in [-0.3, -0.25) is 9.69 Å². The monoisotopic (exact) mass is 416 g/mol. The Morgan fingerprint density at radius 2 is 1.74 bits per heavy atom. The summed E-state index contributed by atoms with van der Waals surface area (Å²) in [6.07, 6.45) is 3.59. The number of ether oxygens (including phenoxy) is 1. The zero-order chi connectivity index (χ0) is 21.5. The number of aryl methyl sites for hydroxylation is 1. The van der Waals surface area contributed by atoms with E-state index in [1.807, 2.05) is 67.6 Å². The molecule has 2 heterocycles. The van der Waals surface area contributed by atoms with E-state index in [9.17, 15) is 4.79 Å². The van der Waals surface area contributed by atoms with E-state index in [-0.39, 0.29) is 11.8 Å². The van der Waals surface area contributed by atoms with Gasteiger partial charge in [0.15, 0.2) is 0 Å². The van der Waals surface area contributed by atoms with Crippen molar-refractivity contribution >= 4 is 11.6 Å². The Kier molecular flexibility index (Phi) is 6.89. The molecule has 1 saturated heterocycles. The fourth-order valence-corrected chi connectivity index (χ4v) is 3.93. The van der Waals surface area contributed by atoms with Crippen molar-refractivity contribution in [1.82, 2.24) is 14.9 Å². The van der Waals surface area contributed by atoms with E-state index >= 15 is 0 Å². The Morgan fingerprint density at radius 3 is 2.45 bits per heavy atom. The lowest BCUT2D eigenvalue weighted by Gasteiger charge is -2.32. The molecule has 160 valence electrons. The summed E-state index contributed by atoms with van der Waals surface area (Å²) in [6.45, 7) is 5.37. The maximum Gasteiger partial charge on any atom is 0.259 e. The molecule has 1 aromatic heterocycles. The van der Waals surface area contributed by atoms with Gasteiger partial charge in [0, 0.05) is 24.3 Å². The summed E-state index contributed by atoms with van der Waals surface area (Å²) >= 11 is 0. The van der Waals surface area contributed by atoms with E-state index in [0.29, 0.717) is 18.0 Å². The summed E-state index contributed by atoms with van der Waals surface area (Å²) in [6, 6.07) is 19.4. The lowest BCUT2D eigenvalue weighted by atomic mass is 9.90. The number of carbonyl (C=O) groups is 1. The van der Waals surface area contributed by atoms with Crippen molar-refractivity contribution in [3.63, 3.8) is 0 Å². The molecule has 6 heteroatoms. The van der Waals surface area contributed by atoms with Crippen LogP contribution in [0.2, 0.25) is 0 Å². The van der Waals surface area contributed by atoms with Gasteiger partial charge in [-0.2, -0.15) is 0 Å². The highest BCUT2D eigenvalue weighted by molar-refractivity contribution is 6.04. The van der Waals surface area contributed by atoms with Crippen molar-refractivity contribution in [2.24, 2.45) is 0 Å². The number of aromatic nitrogens is 2. The maximum atomic E-state index is 12.9. The molecule has 0 radical (unpaired) electrons. The Labute approximate surface area is 183 Å². The summed E-state index contributed by atoms with van der Waals surface area (Å²) in [5, 5.41) is 2.96. The van der Waals surface area contributed by atoms with E-state index in [1.165, 1.54) is 0 Å². The molecule has 0 spiro atoms. The largest absolute Gasteiger partial charge is 0.492 e. The third kappa shape index (κ3) is 5.67. The second-order valence-electron chi connectivity index (χ2n) is 7.81. The zero-order valence-corrected chi connectivity index (χ0v) is 17.8. The quantitative estimate of drug-likeness (QED) is 0.622. The van der Waals surface area contributed by atoms with Crippen LogP contribution < -0.4 is 10.1 Å². The van der Waals surface area contributed by atoms with Crippen LogP contribution in [0.15, 0.2) is 66.9 Å². The Balaban J connectivity index is 1.35. The van der Waals surface area contributed by atoms with Crippen LogP contribution in [0.3, 0.4) is 0 Å². The van der Waals surface area contributed by atoms with Crippen molar-refractivity contribution in [2.75, 3.05) is 31.6 Å². The van der Waals surface area contributed by atoms with Gasteiger partial charge in [-0.25, -0.2) is 9.97 Å². The third-order valence-corrected chi connectivity index (χ3v) is 5.61. The molecule has 2 aromatic carbocycles.